The smallest absolute Gasteiger partial charge is 0.165 e. The molecule has 150 valence electrons. The second-order valence-electron chi connectivity index (χ2n) is 9.08. The number of aromatic hydroxyl groups is 1. The molecule has 1 aromatic carbocycles. The molecule has 0 aromatic heterocycles. The number of phenolic OH excluding ortho intramolecular Hbond substituents is 1. The van der Waals surface area contributed by atoms with E-state index in [1.54, 1.807) is 6.07 Å². The third-order valence-corrected chi connectivity index (χ3v) is 7.32. The predicted octanol–water partition coefficient (Wildman–Crippen LogP) is 3.87. The van der Waals surface area contributed by atoms with Gasteiger partial charge in [-0.15, -0.1) is 0 Å². The molecule has 4 rings (SSSR count). The summed E-state index contributed by atoms with van der Waals surface area (Å²) in [6, 6.07) is 4.35. The summed E-state index contributed by atoms with van der Waals surface area (Å²) in [6.07, 6.45) is 7.81. The molecule has 4 nitrogen and oxygen atoms in total. The van der Waals surface area contributed by atoms with Crippen LogP contribution in [0.25, 0.3) is 0 Å². The van der Waals surface area contributed by atoms with E-state index in [0.717, 1.165) is 38.0 Å². The van der Waals surface area contributed by atoms with Crippen LogP contribution in [0, 0.1) is 11.8 Å². The van der Waals surface area contributed by atoms with E-state index in [4.69, 9.17) is 4.74 Å². The lowest BCUT2D eigenvalue weighted by Crippen LogP contribution is -2.57. The fraction of sp³-hybridized carbons (Fsp3) is 0.739. The summed E-state index contributed by atoms with van der Waals surface area (Å²) >= 11 is 0. The van der Waals surface area contributed by atoms with Gasteiger partial charge in [0.2, 0.25) is 0 Å². The van der Waals surface area contributed by atoms with Crippen LogP contribution >= 0.6 is 0 Å². The minimum atomic E-state index is -0.256. The van der Waals surface area contributed by atoms with Gasteiger partial charge in [-0.05, 0) is 62.6 Å². The van der Waals surface area contributed by atoms with Gasteiger partial charge in [-0.25, -0.2) is 0 Å². The fourth-order valence-electron chi connectivity index (χ4n) is 6.11. The van der Waals surface area contributed by atoms with Crippen molar-refractivity contribution in [3.05, 3.63) is 23.3 Å². The van der Waals surface area contributed by atoms with Crippen molar-refractivity contribution in [2.24, 2.45) is 11.8 Å². The van der Waals surface area contributed by atoms with Crippen molar-refractivity contribution in [1.29, 1.82) is 0 Å². The molecule has 1 heterocycles. The molecular formula is C23H35NO3. The van der Waals surface area contributed by atoms with E-state index >= 15 is 0 Å². The molecule has 0 amide bonds. The average Bonchev–Trinajstić information content (AvgIpc) is 3.40. The van der Waals surface area contributed by atoms with Gasteiger partial charge >= 0.3 is 0 Å². The molecule has 4 atom stereocenters. The van der Waals surface area contributed by atoms with Crippen molar-refractivity contribution in [2.45, 2.75) is 76.4 Å². The molecule has 0 saturated heterocycles. The summed E-state index contributed by atoms with van der Waals surface area (Å²) in [6.45, 7) is 5.68. The van der Waals surface area contributed by atoms with Gasteiger partial charge in [-0.1, -0.05) is 32.8 Å². The van der Waals surface area contributed by atoms with Crippen LogP contribution < -0.4 is 4.74 Å². The molecule has 1 saturated carbocycles. The number of benzene rings is 1. The highest BCUT2D eigenvalue weighted by Gasteiger charge is 2.59. The third-order valence-electron chi connectivity index (χ3n) is 7.32. The average molecular weight is 374 g/mol. The third kappa shape index (κ3) is 2.96. The molecule has 3 unspecified atom stereocenters. The van der Waals surface area contributed by atoms with Gasteiger partial charge < -0.3 is 19.8 Å². The number of ether oxygens (including phenoxy) is 1. The maximum Gasteiger partial charge on any atom is 0.165 e. The van der Waals surface area contributed by atoms with Crippen molar-refractivity contribution in [3.8, 4) is 11.5 Å². The highest BCUT2D eigenvalue weighted by Crippen LogP contribution is 2.59. The number of hydrogen-bond donors (Lipinski definition) is 2. The van der Waals surface area contributed by atoms with Crippen molar-refractivity contribution in [1.82, 2.24) is 4.90 Å². The SMILES string of the molecule is CCCC1C(N(C)CC2CC2)Cc2ccc(O)c3c2[C@]1(CCC)C(CO)O3. The number of phenols is 1. The maximum atomic E-state index is 10.5. The minimum absolute atomic E-state index is 0.00678. The number of rotatable bonds is 8. The molecular weight excluding hydrogens is 338 g/mol. The van der Waals surface area contributed by atoms with Gasteiger partial charge in [-0.2, -0.15) is 0 Å². The largest absolute Gasteiger partial charge is 0.504 e. The summed E-state index contributed by atoms with van der Waals surface area (Å²) in [5.74, 6) is 2.18. The summed E-state index contributed by atoms with van der Waals surface area (Å²) in [4.78, 5) is 2.59. The molecule has 27 heavy (non-hydrogen) atoms. The number of likely N-dealkylation sites (N-methyl/N-ethyl adjacent to an activating group) is 1. The van der Waals surface area contributed by atoms with E-state index in [9.17, 15) is 10.2 Å². The lowest BCUT2D eigenvalue weighted by molar-refractivity contribution is -0.00244. The Morgan fingerprint density at radius 3 is 2.63 bits per heavy atom. The number of aliphatic hydroxyl groups is 1. The van der Waals surface area contributed by atoms with E-state index in [1.165, 1.54) is 30.5 Å². The van der Waals surface area contributed by atoms with Crippen LogP contribution in [0.15, 0.2) is 12.1 Å². The molecule has 0 spiro atoms. The van der Waals surface area contributed by atoms with Crippen LogP contribution in [0.5, 0.6) is 11.5 Å². The quantitative estimate of drug-likeness (QED) is 0.726. The highest BCUT2D eigenvalue weighted by atomic mass is 16.5. The van der Waals surface area contributed by atoms with E-state index in [0.29, 0.717) is 17.7 Å². The van der Waals surface area contributed by atoms with Gasteiger partial charge in [0.15, 0.2) is 11.5 Å². The Hall–Kier alpha value is -1.26. The van der Waals surface area contributed by atoms with Crippen molar-refractivity contribution in [3.63, 3.8) is 0 Å². The van der Waals surface area contributed by atoms with E-state index in [1.807, 2.05) is 0 Å². The maximum absolute atomic E-state index is 10.5. The molecule has 0 radical (unpaired) electrons. The normalized spacial score (nSPS) is 31.8. The Bertz CT molecular complexity index is 686. The zero-order valence-corrected chi connectivity index (χ0v) is 17.1. The summed E-state index contributed by atoms with van der Waals surface area (Å²) < 4.78 is 6.25. The first-order chi connectivity index (χ1) is 13.1. The summed E-state index contributed by atoms with van der Waals surface area (Å²) in [7, 11) is 2.29. The first-order valence-electron chi connectivity index (χ1n) is 10.9. The van der Waals surface area contributed by atoms with Crippen LogP contribution in [-0.2, 0) is 11.8 Å². The van der Waals surface area contributed by atoms with Gasteiger partial charge in [0.05, 0.1) is 6.61 Å². The zero-order valence-electron chi connectivity index (χ0n) is 17.1. The first-order valence-corrected chi connectivity index (χ1v) is 10.9. The molecule has 2 aliphatic carbocycles. The van der Waals surface area contributed by atoms with Gasteiger partial charge in [0, 0.05) is 23.6 Å². The van der Waals surface area contributed by atoms with Crippen LogP contribution in [0.1, 0.15) is 63.5 Å². The van der Waals surface area contributed by atoms with Crippen LogP contribution in [0.3, 0.4) is 0 Å². The van der Waals surface area contributed by atoms with Crippen molar-refractivity contribution in [2.75, 3.05) is 20.2 Å². The van der Waals surface area contributed by atoms with Crippen LogP contribution in [0.2, 0.25) is 0 Å². The number of nitrogens with zero attached hydrogens (tertiary/aromatic N) is 1. The molecule has 1 fully saturated rings. The molecule has 4 heteroatoms. The Balaban J connectivity index is 1.84. The topological polar surface area (TPSA) is 52.9 Å². The van der Waals surface area contributed by atoms with Gasteiger partial charge in [0.1, 0.15) is 6.10 Å². The van der Waals surface area contributed by atoms with Crippen LogP contribution in [-0.4, -0.2) is 47.5 Å². The van der Waals surface area contributed by atoms with Crippen molar-refractivity contribution >= 4 is 0 Å². The van der Waals surface area contributed by atoms with E-state index in [2.05, 4.69) is 31.9 Å². The number of aliphatic hydroxyl groups excluding tert-OH is 1. The fourth-order valence-corrected chi connectivity index (χ4v) is 6.11. The Labute approximate surface area is 163 Å². The molecule has 2 N–H and O–H groups in total. The monoisotopic (exact) mass is 373 g/mol. The standard InChI is InChI=1S/C23H35NO3/c1-4-6-17-18(24(3)13-15-7-8-15)12-16-9-10-19(26)22-21(16)23(17,11-5-2)20(14-25)27-22/h9-10,15,17-18,20,25-26H,4-8,11-14H2,1-3H3/t17?,18?,20?,23-/m0/s1. The van der Waals surface area contributed by atoms with Gasteiger partial charge in [0.25, 0.3) is 0 Å². The molecule has 3 aliphatic rings. The lowest BCUT2D eigenvalue weighted by atomic mass is 9.56. The Kier molecular flexibility index (Phi) is 5.15. The van der Waals surface area contributed by atoms with E-state index in [-0.39, 0.29) is 23.9 Å². The number of hydrogen-bond acceptors (Lipinski definition) is 4. The van der Waals surface area contributed by atoms with E-state index < -0.39 is 0 Å². The Morgan fingerprint density at radius 2 is 2.00 bits per heavy atom. The van der Waals surface area contributed by atoms with Crippen molar-refractivity contribution < 1.29 is 14.9 Å². The second kappa shape index (κ2) is 7.29. The zero-order chi connectivity index (χ0) is 19.2. The van der Waals surface area contributed by atoms with Crippen LogP contribution in [0.4, 0.5) is 0 Å². The molecule has 1 aliphatic heterocycles. The van der Waals surface area contributed by atoms with Gasteiger partial charge in [-0.3, -0.25) is 0 Å². The summed E-state index contributed by atoms with van der Waals surface area (Å²) in [5, 5.41) is 20.8. The first kappa shape index (κ1) is 19.1. The minimum Gasteiger partial charge on any atom is -0.504 e. The Morgan fingerprint density at radius 1 is 1.22 bits per heavy atom. The molecule has 1 aromatic rings. The predicted molar refractivity (Wildman–Crippen MR) is 107 cm³/mol. The lowest BCUT2D eigenvalue weighted by Gasteiger charge is -2.51. The summed E-state index contributed by atoms with van der Waals surface area (Å²) in [5.41, 5.74) is 2.33. The highest BCUT2D eigenvalue weighted by molar-refractivity contribution is 5.59. The molecule has 0 bridgehead atoms. The second-order valence-corrected chi connectivity index (χ2v) is 9.08.